The first-order valence-electron chi connectivity index (χ1n) is 4.70. The molecule has 17 heavy (non-hydrogen) atoms. The molecule has 0 amide bonds. The molecule has 9 heteroatoms. The highest BCUT2D eigenvalue weighted by Gasteiger charge is 2.33. The first-order valence-corrected chi connectivity index (χ1v) is 6.08. The van der Waals surface area contributed by atoms with Crippen molar-refractivity contribution in [2.75, 3.05) is 18.1 Å². The van der Waals surface area contributed by atoms with Crippen molar-refractivity contribution in [3.63, 3.8) is 0 Å². The fraction of sp³-hybridized carbons (Fsp3) is 0.500. The zero-order valence-electron chi connectivity index (χ0n) is 8.58. The van der Waals surface area contributed by atoms with Gasteiger partial charge in [-0.25, -0.2) is 9.18 Å². The molecule has 1 aromatic heterocycles. The van der Waals surface area contributed by atoms with Gasteiger partial charge < -0.3 is 15.6 Å². The van der Waals surface area contributed by atoms with Crippen LogP contribution < -0.4 is 11.4 Å². The molecule has 2 heterocycles. The van der Waals surface area contributed by atoms with Crippen LogP contribution in [0.1, 0.15) is 6.23 Å². The Hall–Kier alpha value is -1.32. The van der Waals surface area contributed by atoms with Crippen LogP contribution in [0.4, 0.5) is 10.2 Å². The summed E-state index contributed by atoms with van der Waals surface area (Å²) < 4.78 is 30.6. The Balaban J connectivity index is 2.34. The fourth-order valence-electron chi connectivity index (χ4n) is 1.46. The minimum Gasteiger partial charge on any atom is -0.393 e. The molecule has 0 aromatic carbocycles. The largest absolute Gasteiger partial charge is 0.393 e. The Morgan fingerprint density at radius 3 is 3.06 bits per heavy atom. The summed E-state index contributed by atoms with van der Waals surface area (Å²) in [6.45, 7) is -0.428. The maximum absolute atomic E-state index is 13.2. The van der Waals surface area contributed by atoms with Gasteiger partial charge in [0.15, 0.2) is 23.3 Å². The molecule has 1 aromatic rings. The molecular weight excluding hydrogens is 253 g/mol. The predicted octanol–water partition coefficient (Wildman–Crippen LogP) is -1.44. The highest BCUT2D eigenvalue weighted by atomic mass is 32.2. The van der Waals surface area contributed by atoms with E-state index < -0.39 is 46.4 Å². The molecule has 3 N–H and O–H groups in total. The smallest absolute Gasteiger partial charge is 0.351 e. The summed E-state index contributed by atoms with van der Waals surface area (Å²) in [5, 5.41) is 8.85. The van der Waals surface area contributed by atoms with E-state index in [1.165, 1.54) is 0 Å². The van der Waals surface area contributed by atoms with Gasteiger partial charge in [-0.15, -0.1) is 0 Å². The third kappa shape index (κ3) is 2.21. The van der Waals surface area contributed by atoms with E-state index in [4.69, 9.17) is 15.6 Å². The molecule has 0 aliphatic carbocycles. The third-order valence-electron chi connectivity index (χ3n) is 2.30. The fourth-order valence-corrected chi connectivity index (χ4v) is 2.61. The number of aromatic nitrogens is 2. The molecule has 3 atom stereocenters. The Labute approximate surface area is 97.5 Å². The number of ether oxygens (including phenoxy) is 1. The number of nitrogens with two attached hydrogens (primary N) is 1. The second-order valence-electron chi connectivity index (χ2n) is 3.41. The SMILES string of the molecule is Nc1nc(=O)n([C@@H]2C[S@](=O)[C@H](CO)O2)cc1F. The molecular formula is C8H10FN3O4S. The molecule has 0 radical (unpaired) electrons. The van der Waals surface area contributed by atoms with Crippen LogP contribution in [-0.2, 0) is 15.5 Å². The summed E-state index contributed by atoms with van der Waals surface area (Å²) in [7, 11) is -1.42. The Kier molecular flexibility index (Phi) is 3.22. The Bertz CT molecular complexity index is 520. The van der Waals surface area contributed by atoms with Gasteiger partial charge in [0.05, 0.1) is 29.4 Å². The quantitative estimate of drug-likeness (QED) is 0.676. The number of hydrogen-bond donors (Lipinski definition) is 2. The normalized spacial score (nSPS) is 28.5. The van der Waals surface area contributed by atoms with E-state index in [0.717, 1.165) is 10.8 Å². The molecule has 2 rings (SSSR count). The summed E-state index contributed by atoms with van der Waals surface area (Å²) in [5.74, 6) is -1.36. The number of halogens is 1. The van der Waals surface area contributed by atoms with Crippen LogP contribution in [0.3, 0.4) is 0 Å². The lowest BCUT2D eigenvalue weighted by Gasteiger charge is -2.13. The zero-order valence-corrected chi connectivity index (χ0v) is 9.39. The summed E-state index contributed by atoms with van der Waals surface area (Å²) >= 11 is 0. The van der Waals surface area contributed by atoms with Gasteiger partial charge in [-0.05, 0) is 0 Å². The minimum absolute atomic E-state index is 0.00380. The average Bonchev–Trinajstić information content (AvgIpc) is 2.65. The van der Waals surface area contributed by atoms with Gasteiger partial charge in [0.2, 0.25) is 0 Å². The first-order chi connectivity index (χ1) is 8.02. The Morgan fingerprint density at radius 2 is 2.47 bits per heavy atom. The van der Waals surface area contributed by atoms with Crippen molar-refractivity contribution in [2.45, 2.75) is 11.7 Å². The van der Waals surface area contributed by atoms with E-state index in [-0.39, 0.29) is 5.75 Å². The van der Waals surface area contributed by atoms with Crippen molar-refractivity contribution in [3.8, 4) is 0 Å². The second kappa shape index (κ2) is 4.51. The lowest BCUT2D eigenvalue weighted by molar-refractivity contribution is -0.00750. The summed E-state index contributed by atoms with van der Waals surface area (Å²) in [6, 6.07) is 0. The lowest BCUT2D eigenvalue weighted by atomic mass is 10.5. The average molecular weight is 263 g/mol. The molecule has 94 valence electrons. The molecule has 0 unspecified atom stereocenters. The van der Waals surface area contributed by atoms with E-state index in [1.807, 2.05) is 0 Å². The number of aliphatic hydroxyl groups is 1. The third-order valence-corrected chi connectivity index (χ3v) is 3.76. The van der Waals surface area contributed by atoms with E-state index >= 15 is 0 Å². The maximum Gasteiger partial charge on any atom is 0.351 e. The number of rotatable bonds is 2. The molecule has 1 saturated heterocycles. The van der Waals surface area contributed by atoms with Crippen molar-refractivity contribution < 1.29 is 18.4 Å². The van der Waals surface area contributed by atoms with Gasteiger partial charge in [-0.1, -0.05) is 0 Å². The Morgan fingerprint density at radius 1 is 1.76 bits per heavy atom. The van der Waals surface area contributed by atoms with E-state index in [9.17, 15) is 13.4 Å². The molecule has 0 spiro atoms. The van der Waals surface area contributed by atoms with Crippen LogP contribution in [0.15, 0.2) is 11.0 Å². The molecule has 1 fully saturated rings. The molecule has 0 bridgehead atoms. The molecule has 7 nitrogen and oxygen atoms in total. The van der Waals surface area contributed by atoms with Gasteiger partial charge >= 0.3 is 5.69 Å². The summed E-state index contributed by atoms with van der Waals surface area (Å²) in [6.07, 6.45) is -0.0465. The lowest BCUT2D eigenvalue weighted by Crippen LogP contribution is -2.29. The zero-order chi connectivity index (χ0) is 12.6. The van der Waals surface area contributed by atoms with Gasteiger partial charge in [0, 0.05) is 0 Å². The number of anilines is 1. The first kappa shape index (κ1) is 12.1. The highest BCUT2D eigenvalue weighted by Crippen LogP contribution is 2.22. The van der Waals surface area contributed by atoms with Gasteiger partial charge in [-0.2, -0.15) is 4.98 Å². The second-order valence-corrected chi connectivity index (χ2v) is 5.03. The van der Waals surface area contributed by atoms with E-state index in [0.29, 0.717) is 0 Å². The topological polar surface area (TPSA) is 107 Å². The van der Waals surface area contributed by atoms with Gasteiger partial charge in [0.1, 0.15) is 0 Å². The maximum atomic E-state index is 13.2. The van der Waals surface area contributed by atoms with Crippen LogP contribution in [0.5, 0.6) is 0 Å². The van der Waals surface area contributed by atoms with Crippen molar-refractivity contribution in [1.82, 2.24) is 9.55 Å². The van der Waals surface area contributed by atoms with Crippen molar-refractivity contribution >= 4 is 16.6 Å². The van der Waals surface area contributed by atoms with Crippen molar-refractivity contribution in [2.24, 2.45) is 0 Å². The standard InChI is InChI=1S/C8H10FN3O4S/c9-4-1-12(8(14)11-7(4)10)5-3-17(15)6(2-13)16-5/h1,5-6,13H,2-3H2,(H2,10,11,14)/t5-,6+,17-/m0/s1. The van der Waals surface area contributed by atoms with Crippen molar-refractivity contribution in [3.05, 3.63) is 22.5 Å². The minimum atomic E-state index is -1.42. The van der Waals surface area contributed by atoms with Crippen LogP contribution in [0.25, 0.3) is 0 Å². The van der Waals surface area contributed by atoms with Crippen LogP contribution in [-0.4, -0.2) is 36.7 Å². The van der Waals surface area contributed by atoms with Crippen molar-refractivity contribution in [1.29, 1.82) is 0 Å². The van der Waals surface area contributed by atoms with E-state index in [1.54, 1.807) is 0 Å². The van der Waals surface area contributed by atoms with Crippen LogP contribution in [0.2, 0.25) is 0 Å². The van der Waals surface area contributed by atoms with Gasteiger partial charge in [-0.3, -0.25) is 8.78 Å². The summed E-state index contributed by atoms with van der Waals surface area (Å²) in [5.41, 5.74) is 3.47. The monoisotopic (exact) mass is 263 g/mol. The molecule has 1 aliphatic rings. The number of nitrogens with zero attached hydrogens (tertiary/aromatic N) is 2. The summed E-state index contributed by atoms with van der Waals surface area (Å²) in [4.78, 5) is 14.7. The molecule has 0 saturated carbocycles. The number of hydrogen-bond acceptors (Lipinski definition) is 6. The van der Waals surface area contributed by atoms with Crippen LogP contribution >= 0.6 is 0 Å². The number of nitrogen functional groups attached to an aromatic ring is 1. The van der Waals surface area contributed by atoms with Crippen LogP contribution in [0, 0.1) is 5.82 Å². The molecule has 1 aliphatic heterocycles. The number of aliphatic hydroxyl groups excluding tert-OH is 1. The predicted molar refractivity (Wildman–Crippen MR) is 56.9 cm³/mol. The van der Waals surface area contributed by atoms with E-state index in [2.05, 4.69) is 4.98 Å². The highest BCUT2D eigenvalue weighted by molar-refractivity contribution is 7.85. The van der Waals surface area contributed by atoms with Gasteiger partial charge in [0.25, 0.3) is 0 Å².